The van der Waals surface area contributed by atoms with E-state index in [0.717, 1.165) is 0 Å². The molecule has 22 heavy (non-hydrogen) atoms. The third-order valence-electron chi connectivity index (χ3n) is 3.65. The maximum atomic E-state index is 12.9. The highest BCUT2D eigenvalue weighted by molar-refractivity contribution is 6.30. The zero-order valence-corrected chi connectivity index (χ0v) is 12.1. The summed E-state index contributed by atoms with van der Waals surface area (Å²) in [4.78, 5) is 16.9. The van der Waals surface area contributed by atoms with Crippen LogP contribution in [-0.4, -0.2) is 34.3 Å². The third-order valence-corrected chi connectivity index (χ3v) is 3.86. The van der Waals surface area contributed by atoms with Crippen molar-refractivity contribution in [3.8, 4) is 0 Å². The van der Waals surface area contributed by atoms with Crippen molar-refractivity contribution in [1.29, 1.82) is 0 Å². The fourth-order valence-electron chi connectivity index (χ4n) is 2.52. The first kappa shape index (κ1) is 14.7. The maximum Gasteiger partial charge on any atom is 0.339 e. The number of rotatable bonds is 3. The molecular formula is C15H12ClFN2O3. The highest BCUT2D eigenvalue weighted by Crippen LogP contribution is 2.36. The summed E-state index contributed by atoms with van der Waals surface area (Å²) in [6, 6.07) is 6.90. The number of β-amino-alcohol motifs (C(OH)–C–C–N with tert-alkyl or cyclic N) is 1. The Hall–Kier alpha value is -2.18. The Morgan fingerprint density at radius 3 is 2.55 bits per heavy atom. The van der Waals surface area contributed by atoms with E-state index in [1.165, 1.54) is 36.5 Å². The van der Waals surface area contributed by atoms with Crippen LogP contribution < -0.4 is 4.90 Å². The van der Waals surface area contributed by atoms with E-state index >= 15 is 0 Å². The van der Waals surface area contributed by atoms with Crippen molar-refractivity contribution < 1.29 is 19.4 Å². The van der Waals surface area contributed by atoms with E-state index in [-0.39, 0.29) is 35.3 Å². The fraction of sp³-hybridized carbons (Fsp3) is 0.200. The van der Waals surface area contributed by atoms with Gasteiger partial charge < -0.3 is 15.1 Å². The minimum absolute atomic E-state index is 0.0198. The molecule has 1 aromatic heterocycles. The predicted octanol–water partition coefficient (Wildman–Crippen LogP) is 2.28. The summed E-state index contributed by atoms with van der Waals surface area (Å²) in [6.45, 7) is 0.348. The molecule has 0 amide bonds. The molecule has 0 unspecified atom stereocenters. The molecule has 5 nitrogen and oxygen atoms in total. The number of carboxylic acid groups (broad SMARTS) is 1. The van der Waals surface area contributed by atoms with Crippen LogP contribution in [0, 0.1) is 5.82 Å². The first-order valence-corrected chi connectivity index (χ1v) is 6.89. The standard InChI is InChI=1S/C15H12ClFN2O3/c16-10-5-12(14(20)21)13(18-6-10)19-7-15(22,8-19)9-1-3-11(17)4-2-9/h1-6,22H,7-8H2,(H,20,21). The number of pyridine rings is 1. The molecule has 0 aliphatic carbocycles. The summed E-state index contributed by atoms with van der Waals surface area (Å²) >= 11 is 5.76. The number of carboxylic acids is 1. The average molecular weight is 323 g/mol. The Morgan fingerprint density at radius 1 is 1.32 bits per heavy atom. The highest BCUT2D eigenvalue weighted by Gasteiger charge is 2.44. The first-order chi connectivity index (χ1) is 10.4. The molecular weight excluding hydrogens is 311 g/mol. The van der Waals surface area contributed by atoms with Crippen molar-refractivity contribution in [3.63, 3.8) is 0 Å². The van der Waals surface area contributed by atoms with E-state index in [9.17, 15) is 19.4 Å². The average Bonchev–Trinajstić information content (AvgIpc) is 2.45. The smallest absolute Gasteiger partial charge is 0.339 e. The molecule has 1 aromatic carbocycles. The van der Waals surface area contributed by atoms with Crippen molar-refractivity contribution in [3.05, 3.63) is 58.5 Å². The zero-order chi connectivity index (χ0) is 15.9. The summed E-state index contributed by atoms with van der Waals surface area (Å²) in [6.07, 6.45) is 1.36. The van der Waals surface area contributed by atoms with Gasteiger partial charge in [-0.15, -0.1) is 0 Å². The van der Waals surface area contributed by atoms with Gasteiger partial charge in [-0.3, -0.25) is 0 Å². The monoisotopic (exact) mass is 322 g/mol. The first-order valence-electron chi connectivity index (χ1n) is 6.51. The van der Waals surface area contributed by atoms with E-state index in [4.69, 9.17) is 11.6 Å². The maximum absolute atomic E-state index is 12.9. The van der Waals surface area contributed by atoms with Crippen molar-refractivity contribution in [2.75, 3.05) is 18.0 Å². The van der Waals surface area contributed by atoms with E-state index in [2.05, 4.69) is 4.98 Å². The van der Waals surface area contributed by atoms with Crippen LogP contribution in [-0.2, 0) is 5.60 Å². The summed E-state index contributed by atoms with van der Waals surface area (Å²) in [5.74, 6) is -1.26. The van der Waals surface area contributed by atoms with Gasteiger partial charge in [0, 0.05) is 6.20 Å². The van der Waals surface area contributed by atoms with Crippen molar-refractivity contribution >= 4 is 23.4 Å². The van der Waals surface area contributed by atoms with Crippen molar-refractivity contribution in [2.24, 2.45) is 0 Å². The molecule has 1 aliphatic heterocycles. The number of anilines is 1. The minimum Gasteiger partial charge on any atom is -0.478 e. The normalized spacial score (nSPS) is 16.2. The number of carbonyl (C=O) groups is 1. The lowest BCUT2D eigenvalue weighted by molar-refractivity contribution is 0.00677. The Morgan fingerprint density at radius 2 is 1.95 bits per heavy atom. The molecule has 2 N–H and O–H groups in total. The second-order valence-electron chi connectivity index (χ2n) is 5.22. The lowest BCUT2D eigenvalue weighted by atomic mass is 9.86. The van der Waals surface area contributed by atoms with Gasteiger partial charge in [0.2, 0.25) is 0 Å². The number of aromatic carboxylic acids is 1. The largest absolute Gasteiger partial charge is 0.478 e. The van der Waals surface area contributed by atoms with E-state index < -0.39 is 11.6 Å². The molecule has 114 valence electrons. The molecule has 2 heterocycles. The van der Waals surface area contributed by atoms with Crippen LogP contribution in [0.4, 0.5) is 10.2 Å². The topological polar surface area (TPSA) is 73.7 Å². The second-order valence-corrected chi connectivity index (χ2v) is 5.66. The fourth-order valence-corrected chi connectivity index (χ4v) is 2.68. The van der Waals surface area contributed by atoms with Crippen LogP contribution in [0.1, 0.15) is 15.9 Å². The highest BCUT2D eigenvalue weighted by atomic mass is 35.5. The quantitative estimate of drug-likeness (QED) is 0.907. The molecule has 0 saturated carbocycles. The zero-order valence-electron chi connectivity index (χ0n) is 11.3. The van der Waals surface area contributed by atoms with Crippen LogP contribution in [0.3, 0.4) is 0 Å². The molecule has 1 saturated heterocycles. The van der Waals surface area contributed by atoms with E-state index in [0.29, 0.717) is 5.56 Å². The number of aromatic nitrogens is 1. The lowest BCUT2D eigenvalue weighted by Crippen LogP contribution is -2.60. The van der Waals surface area contributed by atoms with Crippen LogP contribution >= 0.6 is 11.6 Å². The van der Waals surface area contributed by atoms with Gasteiger partial charge in [0.1, 0.15) is 22.8 Å². The Kier molecular flexibility index (Phi) is 3.50. The van der Waals surface area contributed by atoms with Crippen LogP contribution in [0.5, 0.6) is 0 Å². The second kappa shape index (κ2) is 5.23. The Balaban J connectivity index is 1.84. The van der Waals surface area contributed by atoms with Crippen molar-refractivity contribution in [1.82, 2.24) is 4.98 Å². The van der Waals surface area contributed by atoms with Gasteiger partial charge in [-0.2, -0.15) is 0 Å². The Bertz CT molecular complexity index is 730. The van der Waals surface area contributed by atoms with Gasteiger partial charge in [-0.1, -0.05) is 23.7 Å². The molecule has 0 bridgehead atoms. The van der Waals surface area contributed by atoms with Gasteiger partial charge in [0.05, 0.1) is 18.1 Å². The molecule has 7 heteroatoms. The molecule has 0 radical (unpaired) electrons. The number of aliphatic hydroxyl groups is 1. The molecule has 1 fully saturated rings. The SMILES string of the molecule is O=C(O)c1cc(Cl)cnc1N1CC(O)(c2ccc(F)cc2)C1. The van der Waals surface area contributed by atoms with Crippen LogP contribution in [0.15, 0.2) is 36.5 Å². The van der Waals surface area contributed by atoms with Crippen molar-refractivity contribution in [2.45, 2.75) is 5.60 Å². The van der Waals surface area contributed by atoms with Gasteiger partial charge >= 0.3 is 5.97 Å². The summed E-state index contributed by atoms with van der Waals surface area (Å²) in [5.41, 5.74) is -0.588. The number of benzene rings is 1. The molecule has 0 atom stereocenters. The van der Waals surface area contributed by atoms with Gasteiger partial charge in [0.25, 0.3) is 0 Å². The summed E-state index contributed by atoms with van der Waals surface area (Å²) in [5, 5.41) is 20.0. The van der Waals surface area contributed by atoms with E-state index in [1.54, 1.807) is 4.90 Å². The number of hydrogen-bond donors (Lipinski definition) is 2. The summed E-state index contributed by atoms with van der Waals surface area (Å²) < 4.78 is 12.9. The molecule has 0 spiro atoms. The van der Waals surface area contributed by atoms with E-state index in [1.807, 2.05) is 0 Å². The van der Waals surface area contributed by atoms with Gasteiger partial charge in [-0.25, -0.2) is 14.2 Å². The Labute approximate surface area is 130 Å². The van der Waals surface area contributed by atoms with Crippen LogP contribution in [0.2, 0.25) is 5.02 Å². The minimum atomic E-state index is -1.15. The van der Waals surface area contributed by atoms with Gasteiger partial charge in [0.15, 0.2) is 0 Å². The number of halogens is 2. The van der Waals surface area contributed by atoms with Crippen LogP contribution in [0.25, 0.3) is 0 Å². The summed E-state index contributed by atoms with van der Waals surface area (Å²) in [7, 11) is 0. The third kappa shape index (κ3) is 2.51. The lowest BCUT2D eigenvalue weighted by Gasteiger charge is -2.47. The molecule has 2 aromatic rings. The number of nitrogens with zero attached hydrogens (tertiary/aromatic N) is 2. The molecule has 3 rings (SSSR count). The van der Waals surface area contributed by atoms with Gasteiger partial charge in [-0.05, 0) is 23.8 Å². The molecule has 1 aliphatic rings. The predicted molar refractivity (Wildman–Crippen MR) is 78.7 cm³/mol. The number of hydrogen-bond acceptors (Lipinski definition) is 4.